The first-order chi connectivity index (χ1) is 10.8. The SMILES string of the molecule is Cc1nn(C)c(F)c1C(=O)Nc1ccccc1[C@H](C)CC(C)C. The number of aromatic nitrogens is 2. The molecule has 0 aliphatic carbocycles. The van der Waals surface area contributed by atoms with Crippen molar-refractivity contribution in [3.05, 3.63) is 47.0 Å². The average molecular weight is 317 g/mol. The van der Waals surface area contributed by atoms with E-state index in [0.29, 0.717) is 17.5 Å². The fraction of sp³-hybridized carbons (Fsp3) is 0.444. The molecule has 1 aromatic carbocycles. The molecule has 0 aliphatic heterocycles. The molecular weight excluding hydrogens is 293 g/mol. The summed E-state index contributed by atoms with van der Waals surface area (Å²) < 4.78 is 15.1. The number of para-hydroxylation sites is 1. The second kappa shape index (κ2) is 6.94. The summed E-state index contributed by atoms with van der Waals surface area (Å²) in [4.78, 5) is 12.5. The lowest BCUT2D eigenvalue weighted by atomic mass is 9.91. The molecule has 124 valence electrons. The minimum atomic E-state index is -0.618. The van der Waals surface area contributed by atoms with Gasteiger partial charge in [0.05, 0.1) is 5.69 Å². The first kappa shape index (κ1) is 17.2. The summed E-state index contributed by atoms with van der Waals surface area (Å²) in [5, 5.41) is 6.79. The van der Waals surface area contributed by atoms with Crippen LogP contribution in [0.5, 0.6) is 0 Å². The van der Waals surface area contributed by atoms with E-state index in [4.69, 9.17) is 0 Å². The van der Waals surface area contributed by atoms with Crippen LogP contribution < -0.4 is 5.32 Å². The average Bonchev–Trinajstić information content (AvgIpc) is 2.71. The molecule has 0 saturated heterocycles. The zero-order chi connectivity index (χ0) is 17.1. The highest BCUT2D eigenvalue weighted by atomic mass is 19.1. The van der Waals surface area contributed by atoms with E-state index < -0.39 is 11.9 Å². The van der Waals surface area contributed by atoms with Crippen molar-refractivity contribution < 1.29 is 9.18 Å². The molecule has 1 heterocycles. The van der Waals surface area contributed by atoms with E-state index in [0.717, 1.165) is 22.4 Å². The van der Waals surface area contributed by atoms with Gasteiger partial charge >= 0.3 is 0 Å². The lowest BCUT2D eigenvalue weighted by Gasteiger charge is -2.18. The Labute approximate surface area is 136 Å². The predicted molar refractivity (Wildman–Crippen MR) is 90.2 cm³/mol. The normalized spacial score (nSPS) is 12.5. The zero-order valence-corrected chi connectivity index (χ0v) is 14.4. The van der Waals surface area contributed by atoms with Crippen LogP contribution in [-0.4, -0.2) is 15.7 Å². The van der Waals surface area contributed by atoms with Gasteiger partial charge in [0.2, 0.25) is 5.95 Å². The van der Waals surface area contributed by atoms with E-state index >= 15 is 0 Å². The fourth-order valence-corrected chi connectivity index (χ4v) is 2.95. The summed E-state index contributed by atoms with van der Waals surface area (Å²) in [7, 11) is 1.48. The summed E-state index contributed by atoms with van der Waals surface area (Å²) in [6, 6.07) is 7.69. The van der Waals surface area contributed by atoms with E-state index in [1.807, 2.05) is 24.3 Å². The number of hydrogen-bond donors (Lipinski definition) is 1. The first-order valence-electron chi connectivity index (χ1n) is 7.90. The van der Waals surface area contributed by atoms with Crippen LogP contribution in [-0.2, 0) is 7.05 Å². The van der Waals surface area contributed by atoms with E-state index in [9.17, 15) is 9.18 Å². The number of halogens is 1. The number of nitrogens with zero attached hydrogens (tertiary/aromatic N) is 2. The Morgan fingerprint density at radius 3 is 2.52 bits per heavy atom. The van der Waals surface area contributed by atoms with Crippen LogP contribution in [0.15, 0.2) is 24.3 Å². The minimum absolute atomic E-state index is 0.00110. The first-order valence-corrected chi connectivity index (χ1v) is 7.90. The Morgan fingerprint density at radius 2 is 1.96 bits per heavy atom. The van der Waals surface area contributed by atoms with Gasteiger partial charge in [-0.25, -0.2) is 4.68 Å². The van der Waals surface area contributed by atoms with Crippen LogP contribution in [0.2, 0.25) is 0 Å². The third kappa shape index (κ3) is 3.78. The second-order valence-electron chi connectivity index (χ2n) is 6.45. The van der Waals surface area contributed by atoms with Gasteiger partial charge in [-0.15, -0.1) is 0 Å². The zero-order valence-electron chi connectivity index (χ0n) is 14.4. The van der Waals surface area contributed by atoms with E-state index in [2.05, 4.69) is 31.2 Å². The fourth-order valence-electron chi connectivity index (χ4n) is 2.95. The van der Waals surface area contributed by atoms with E-state index in [1.54, 1.807) is 6.92 Å². The van der Waals surface area contributed by atoms with Gasteiger partial charge in [0.1, 0.15) is 5.56 Å². The number of nitrogens with one attached hydrogen (secondary N) is 1. The van der Waals surface area contributed by atoms with Crippen LogP contribution >= 0.6 is 0 Å². The van der Waals surface area contributed by atoms with Crippen molar-refractivity contribution in [2.45, 2.75) is 40.0 Å². The highest BCUT2D eigenvalue weighted by Gasteiger charge is 2.22. The Hall–Kier alpha value is -2.17. The van der Waals surface area contributed by atoms with Crippen LogP contribution in [0, 0.1) is 18.8 Å². The van der Waals surface area contributed by atoms with Crippen molar-refractivity contribution >= 4 is 11.6 Å². The largest absolute Gasteiger partial charge is 0.322 e. The third-order valence-electron chi connectivity index (χ3n) is 3.94. The molecule has 2 aromatic rings. The van der Waals surface area contributed by atoms with Gasteiger partial charge in [-0.05, 0) is 36.8 Å². The number of anilines is 1. The highest BCUT2D eigenvalue weighted by molar-refractivity contribution is 6.05. The van der Waals surface area contributed by atoms with E-state index in [1.165, 1.54) is 7.05 Å². The summed E-state index contributed by atoms with van der Waals surface area (Å²) in [6.07, 6.45) is 1.02. The number of hydrogen-bond acceptors (Lipinski definition) is 2. The summed E-state index contributed by atoms with van der Waals surface area (Å²) in [5.41, 5.74) is 2.18. The molecule has 1 aromatic heterocycles. The van der Waals surface area contributed by atoms with Crippen LogP contribution in [0.25, 0.3) is 0 Å². The number of benzene rings is 1. The monoisotopic (exact) mass is 317 g/mol. The predicted octanol–water partition coefficient (Wildman–Crippen LogP) is 4.27. The molecule has 23 heavy (non-hydrogen) atoms. The van der Waals surface area contributed by atoms with Crippen molar-refractivity contribution in [2.75, 3.05) is 5.32 Å². The Balaban J connectivity index is 2.28. The standard InChI is InChI=1S/C18H24FN3O/c1-11(2)10-12(3)14-8-6-7-9-15(14)20-18(23)16-13(4)21-22(5)17(16)19/h6-9,11-12H,10H2,1-5H3,(H,20,23)/t12-/m1/s1. The number of rotatable bonds is 5. The highest BCUT2D eigenvalue weighted by Crippen LogP contribution is 2.29. The molecule has 0 radical (unpaired) electrons. The number of carbonyl (C=O) groups excluding carboxylic acids is 1. The molecule has 4 nitrogen and oxygen atoms in total. The van der Waals surface area contributed by atoms with Gasteiger partial charge < -0.3 is 5.32 Å². The molecule has 1 atom stereocenters. The third-order valence-corrected chi connectivity index (χ3v) is 3.94. The number of amides is 1. The molecule has 0 aliphatic rings. The Bertz CT molecular complexity index is 706. The maximum atomic E-state index is 14.0. The number of carbonyl (C=O) groups is 1. The van der Waals surface area contributed by atoms with Gasteiger partial charge in [0.15, 0.2) is 0 Å². The smallest absolute Gasteiger partial charge is 0.262 e. The molecule has 2 rings (SSSR count). The van der Waals surface area contributed by atoms with Crippen molar-refractivity contribution in [3.8, 4) is 0 Å². The maximum absolute atomic E-state index is 14.0. The molecule has 0 saturated carbocycles. The molecule has 5 heteroatoms. The van der Waals surface area contributed by atoms with Crippen LogP contribution in [0.4, 0.5) is 10.1 Å². The van der Waals surface area contributed by atoms with Gasteiger partial charge in [0, 0.05) is 12.7 Å². The molecule has 0 fully saturated rings. The number of aryl methyl sites for hydroxylation is 2. The van der Waals surface area contributed by atoms with E-state index in [-0.39, 0.29) is 5.56 Å². The van der Waals surface area contributed by atoms with Gasteiger partial charge in [0.25, 0.3) is 5.91 Å². The lowest BCUT2D eigenvalue weighted by molar-refractivity contribution is 0.102. The summed E-state index contributed by atoms with van der Waals surface area (Å²) in [5.74, 6) is -0.205. The van der Waals surface area contributed by atoms with Crippen LogP contribution in [0.1, 0.15) is 54.7 Å². The molecule has 1 amide bonds. The summed E-state index contributed by atoms with van der Waals surface area (Å²) >= 11 is 0. The van der Waals surface area contributed by atoms with Crippen molar-refractivity contribution in [1.82, 2.24) is 9.78 Å². The minimum Gasteiger partial charge on any atom is -0.322 e. The maximum Gasteiger partial charge on any atom is 0.262 e. The second-order valence-corrected chi connectivity index (χ2v) is 6.45. The molecule has 0 bridgehead atoms. The van der Waals surface area contributed by atoms with Crippen LogP contribution in [0.3, 0.4) is 0 Å². The van der Waals surface area contributed by atoms with Crippen molar-refractivity contribution in [2.24, 2.45) is 13.0 Å². The quantitative estimate of drug-likeness (QED) is 0.895. The van der Waals surface area contributed by atoms with Gasteiger partial charge in [-0.3, -0.25) is 4.79 Å². The molecule has 0 spiro atoms. The topological polar surface area (TPSA) is 46.9 Å². The van der Waals surface area contributed by atoms with Crippen molar-refractivity contribution in [1.29, 1.82) is 0 Å². The molecule has 1 N–H and O–H groups in total. The molecular formula is C18H24FN3O. The Kier molecular flexibility index (Phi) is 5.19. The lowest BCUT2D eigenvalue weighted by Crippen LogP contribution is -2.16. The molecule has 0 unspecified atom stereocenters. The van der Waals surface area contributed by atoms with Crippen molar-refractivity contribution in [3.63, 3.8) is 0 Å². The van der Waals surface area contributed by atoms with Gasteiger partial charge in [-0.2, -0.15) is 9.49 Å². The Morgan fingerprint density at radius 1 is 1.30 bits per heavy atom. The van der Waals surface area contributed by atoms with Gasteiger partial charge in [-0.1, -0.05) is 39.0 Å². The summed E-state index contributed by atoms with van der Waals surface area (Å²) in [6.45, 7) is 8.12.